The van der Waals surface area contributed by atoms with E-state index < -0.39 is 12.0 Å². The number of hydrogen-bond acceptors (Lipinski definition) is 3. The average molecular weight is 235 g/mol. The van der Waals surface area contributed by atoms with Crippen LogP contribution in [0.2, 0.25) is 0 Å². The Labute approximate surface area is 101 Å². The number of carbonyl (C=O) groups excluding carboxylic acids is 1. The Hall–Kier alpha value is -1.65. The third-order valence-corrected chi connectivity index (χ3v) is 2.18. The molecule has 4 heteroatoms. The lowest BCUT2D eigenvalue weighted by molar-refractivity contribution is -0.125. The Morgan fingerprint density at radius 2 is 2.06 bits per heavy atom. The Bertz CT molecular complexity index is 362. The topological polar surface area (TPSA) is 72.6 Å². The number of benzene rings is 1. The second kappa shape index (κ2) is 7.60. The molecule has 1 aromatic carbocycles. The lowest BCUT2D eigenvalue weighted by Crippen LogP contribution is -2.27. The van der Waals surface area contributed by atoms with Crippen LogP contribution < -0.4 is 5.73 Å². The molecule has 0 aromatic heterocycles. The second-order valence-corrected chi connectivity index (χ2v) is 3.63. The molecule has 0 bridgehead atoms. The molecule has 17 heavy (non-hydrogen) atoms. The maximum Gasteiger partial charge on any atom is 0.246 e. The SMILES string of the molecule is NC(=O)C(O)C/C=C/COCc1ccccc1. The summed E-state index contributed by atoms with van der Waals surface area (Å²) < 4.78 is 5.38. The number of primary amides is 1. The van der Waals surface area contributed by atoms with Gasteiger partial charge < -0.3 is 15.6 Å². The quantitative estimate of drug-likeness (QED) is 0.547. The minimum Gasteiger partial charge on any atom is -0.383 e. The Balaban J connectivity index is 2.12. The van der Waals surface area contributed by atoms with Crippen molar-refractivity contribution in [2.45, 2.75) is 19.1 Å². The molecule has 0 aliphatic heterocycles. The number of amides is 1. The van der Waals surface area contributed by atoms with Gasteiger partial charge in [-0.1, -0.05) is 42.5 Å². The molecule has 0 spiro atoms. The van der Waals surface area contributed by atoms with Gasteiger partial charge in [0, 0.05) is 6.42 Å². The summed E-state index contributed by atoms with van der Waals surface area (Å²) >= 11 is 0. The van der Waals surface area contributed by atoms with Crippen LogP contribution in [-0.2, 0) is 16.1 Å². The van der Waals surface area contributed by atoms with E-state index in [1.165, 1.54) is 0 Å². The van der Waals surface area contributed by atoms with Crippen LogP contribution in [0.1, 0.15) is 12.0 Å². The van der Waals surface area contributed by atoms with Crippen LogP contribution in [0, 0.1) is 0 Å². The van der Waals surface area contributed by atoms with E-state index in [1.54, 1.807) is 12.2 Å². The molecule has 1 amide bonds. The standard InChI is InChI=1S/C13H17NO3/c14-13(16)12(15)8-4-5-9-17-10-11-6-2-1-3-7-11/h1-7,12,15H,8-10H2,(H2,14,16)/b5-4+. The normalized spacial score (nSPS) is 12.8. The van der Waals surface area contributed by atoms with Gasteiger partial charge in [-0.2, -0.15) is 0 Å². The first-order chi connectivity index (χ1) is 8.20. The molecule has 1 rings (SSSR count). The maximum absolute atomic E-state index is 10.5. The zero-order valence-electron chi connectivity index (χ0n) is 9.58. The van der Waals surface area contributed by atoms with Gasteiger partial charge in [-0.05, 0) is 5.56 Å². The Kier molecular flexibility index (Phi) is 5.99. The van der Waals surface area contributed by atoms with E-state index >= 15 is 0 Å². The molecule has 3 N–H and O–H groups in total. The zero-order valence-corrected chi connectivity index (χ0v) is 9.58. The highest BCUT2D eigenvalue weighted by Gasteiger charge is 2.06. The third kappa shape index (κ3) is 5.85. The van der Waals surface area contributed by atoms with Crippen molar-refractivity contribution in [3.8, 4) is 0 Å². The van der Waals surface area contributed by atoms with Gasteiger partial charge in [-0.3, -0.25) is 4.79 Å². The summed E-state index contributed by atoms with van der Waals surface area (Å²) in [6, 6.07) is 9.84. The summed E-state index contributed by atoms with van der Waals surface area (Å²) in [5, 5.41) is 9.09. The summed E-state index contributed by atoms with van der Waals surface area (Å²) in [5.74, 6) is -0.708. The first-order valence-electron chi connectivity index (χ1n) is 5.44. The molecule has 0 saturated carbocycles. The zero-order chi connectivity index (χ0) is 12.5. The van der Waals surface area contributed by atoms with Crippen molar-refractivity contribution >= 4 is 5.91 Å². The number of rotatable bonds is 7. The smallest absolute Gasteiger partial charge is 0.246 e. The van der Waals surface area contributed by atoms with Gasteiger partial charge in [0.25, 0.3) is 0 Å². The van der Waals surface area contributed by atoms with Gasteiger partial charge in [0.1, 0.15) is 6.10 Å². The molecule has 0 aliphatic carbocycles. The minimum atomic E-state index is -1.11. The van der Waals surface area contributed by atoms with Crippen molar-refractivity contribution in [2.75, 3.05) is 6.61 Å². The molecule has 0 radical (unpaired) electrons. The summed E-state index contributed by atoms with van der Waals surface area (Å²) in [7, 11) is 0. The number of nitrogens with two attached hydrogens (primary N) is 1. The molecular weight excluding hydrogens is 218 g/mol. The molecule has 0 aliphatic rings. The lowest BCUT2D eigenvalue weighted by Gasteiger charge is -2.02. The third-order valence-electron chi connectivity index (χ3n) is 2.18. The van der Waals surface area contributed by atoms with E-state index in [2.05, 4.69) is 0 Å². The number of hydrogen-bond donors (Lipinski definition) is 2. The molecule has 0 fully saturated rings. The summed E-state index contributed by atoms with van der Waals surface area (Å²) in [4.78, 5) is 10.5. The molecule has 4 nitrogen and oxygen atoms in total. The van der Waals surface area contributed by atoms with Crippen LogP contribution in [0.5, 0.6) is 0 Å². The van der Waals surface area contributed by atoms with Gasteiger partial charge in [0.2, 0.25) is 5.91 Å². The van der Waals surface area contributed by atoms with E-state index in [0.29, 0.717) is 13.2 Å². The van der Waals surface area contributed by atoms with Crippen LogP contribution in [-0.4, -0.2) is 23.7 Å². The van der Waals surface area contributed by atoms with E-state index in [4.69, 9.17) is 15.6 Å². The average Bonchev–Trinajstić information content (AvgIpc) is 2.34. The predicted octanol–water partition coefficient (Wildman–Crippen LogP) is 0.996. The fraction of sp³-hybridized carbons (Fsp3) is 0.308. The highest BCUT2D eigenvalue weighted by atomic mass is 16.5. The van der Waals surface area contributed by atoms with Gasteiger partial charge in [-0.25, -0.2) is 0 Å². The highest BCUT2D eigenvalue weighted by Crippen LogP contribution is 2.00. The van der Waals surface area contributed by atoms with Gasteiger partial charge in [0.15, 0.2) is 0 Å². The van der Waals surface area contributed by atoms with Crippen LogP contribution in [0.3, 0.4) is 0 Å². The summed E-state index contributed by atoms with van der Waals surface area (Å²) in [6.45, 7) is 0.990. The summed E-state index contributed by atoms with van der Waals surface area (Å²) in [6.07, 6.45) is 2.56. The number of ether oxygens (including phenoxy) is 1. The van der Waals surface area contributed by atoms with Gasteiger partial charge >= 0.3 is 0 Å². The van der Waals surface area contributed by atoms with Gasteiger partial charge in [0.05, 0.1) is 13.2 Å². The highest BCUT2D eigenvalue weighted by molar-refractivity contribution is 5.78. The number of carbonyl (C=O) groups is 1. The monoisotopic (exact) mass is 235 g/mol. The van der Waals surface area contributed by atoms with Crippen LogP contribution in [0.15, 0.2) is 42.5 Å². The van der Waals surface area contributed by atoms with Crippen molar-refractivity contribution in [1.29, 1.82) is 0 Å². The Morgan fingerprint density at radius 1 is 1.35 bits per heavy atom. The summed E-state index contributed by atoms with van der Waals surface area (Å²) in [5.41, 5.74) is 6.01. The molecule has 0 heterocycles. The largest absolute Gasteiger partial charge is 0.383 e. The van der Waals surface area contributed by atoms with Crippen molar-refractivity contribution in [1.82, 2.24) is 0 Å². The predicted molar refractivity (Wildman–Crippen MR) is 65.1 cm³/mol. The first-order valence-corrected chi connectivity index (χ1v) is 5.44. The van der Waals surface area contributed by atoms with Crippen molar-refractivity contribution in [3.05, 3.63) is 48.0 Å². The van der Waals surface area contributed by atoms with Gasteiger partial charge in [-0.15, -0.1) is 0 Å². The van der Waals surface area contributed by atoms with Crippen molar-refractivity contribution in [2.24, 2.45) is 5.73 Å². The molecule has 0 saturated heterocycles. The molecule has 92 valence electrons. The fourth-order valence-electron chi connectivity index (χ4n) is 1.23. The van der Waals surface area contributed by atoms with E-state index in [-0.39, 0.29) is 6.42 Å². The fourth-order valence-corrected chi connectivity index (χ4v) is 1.23. The second-order valence-electron chi connectivity index (χ2n) is 3.63. The van der Waals surface area contributed by atoms with E-state index in [9.17, 15) is 4.79 Å². The van der Waals surface area contributed by atoms with Crippen molar-refractivity contribution < 1.29 is 14.6 Å². The van der Waals surface area contributed by atoms with Crippen LogP contribution >= 0.6 is 0 Å². The number of aliphatic hydroxyl groups is 1. The van der Waals surface area contributed by atoms with Crippen molar-refractivity contribution in [3.63, 3.8) is 0 Å². The molecule has 1 unspecified atom stereocenters. The van der Waals surface area contributed by atoms with Crippen LogP contribution in [0.25, 0.3) is 0 Å². The Morgan fingerprint density at radius 3 is 2.71 bits per heavy atom. The maximum atomic E-state index is 10.5. The number of aliphatic hydroxyl groups excluding tert-OH is 1. The van der Waals surface area contributed by atoms with Crippen LogP contribution in [0.4, 0.5) is 0 Å². The molecular formula is C13H17NO3. The lowest BCUT2D eigenvalue weighted by atomic mass is 10.2. The molecule has 1 aromatic rings. The molecule has 1 atom stereocenters. The van der Waals surface area contributed by atoms with E-state index in [1.807, 2.05) is 30.3 Å². The first kappa shape index (κ1) is 13.4. The van der Waals surface area contributed by atoms with E-state index in [0.717, 1.165) is 5.56 Å². The minimum absolute atomic E-state index is 0.226.